The van der Waals surface area contributed by atoms with Crippen LogP contribution in [0.25, 0.3) is 16.5 Å². The number of esters is 1. The number of allylic oxidation sites excluding steroid dienone is 1. The van der Waals surface area contributed by atoms with Crippen molar-refractivity contribution in [3.63, 3.8) is 0 Å². The molecule has 1 heterocycles. The van der Waals surface area contributed by atoms with Gasteiger partial charge in [0.1, 0.15) is 0 Å². The summed E-state index contributed by atoms with van der Waals surface area (Å²) in [6.45, 7) is 8.64. The summed E-state index contributed by atoms with van der Waals surface area (Å²) in [5.41, 5.74) is 3.25. The number of ether oxygens (including phenoxy) is 1. The van der Waals surface area contributed by atoms with Crippen molar-refractivity contribution in [2.45, 2.75) is 53.0 Å². The molecule has 2 rings (SSSR count). The van der Waals surface area contributed by atoms with Crippen LogP contribution in [0.2, 0.25) is 0 Å². The lowest BCUT2D eigenvalue weighted by Crippen LogP contribution is -2.06. The molecule has 2 aromatic rings. The van der Waals surface area contributed by atoms with Gasteiger partial charge in [-0.2, -0.15) is 0 Å². The molecule has 1 aromatic carbocycles. The molecule has 0 N–H and O–H groups in total. The summed E-state index contributed by atoms with van der Waals surface area (Å²) in [5.74, 6) is -0.281. The number of hydrogen-bond acceptors (Lipinski definition) is 2. The van der Waals surface area contributed by atoms with Crippen molar-refractivity contribution in [2.24, 2.45) is 0 Å². The summed E-state index contributed by atoms with van der Waals surface area (Å²) in [7, 11) is 0. The van der Waals surface area contributed by atoms with E-state index < -0.39 is 0 Å². The van der Waals surface area contributed by atoms with E-state index in [4.69, 9.17) is 4.74 Å². The molecule has 23 heavy (non-hydrogen) atoms. The lowest BCUT2D eigenvalue weighted by atomic mass is 10.0. The summed E-state index contributed by atoms with van der Waals surface area (Å²) < 4.78 is 7.36. The minimum atomic E-state index is -0.281. The monoisotopic (exact) mass is 313 g/mol. The highest BCUT2D eigenvalue weighted by molar-refractivity contribution is 5.92. The number of aromatic nitrogens is 1. The Hall–Kier alpha value is -2.03. The summed E-state index contributed by atoms with van der Waals surface area (Å²) in [6.07, 6.45) is 7.28. The molecular formula is C20H27NO2. The van der Waals surface area contributed by atoms with Crippen LogP contribution in [0, 0.1) is 0 Å². The normalized spacial score (nSPS) is 13.3. The predicted octanol–water partition coefficient (Wildman–Crippen LogP) is 5.36. The third kappa shape index (κ3) is 4.04. The molecule has 0 amide bonds. The van der Waals surface area contributed by atoms with Crippen molar-refractivity contribution in [1.82, 2.24) is 4.57 Å². The van der Waals surface area contributed by atoms with E-state index in [2.05, 4.69) is 48.9 Å². The molecule has 0 bridgehead atoms. The first-order valence-corrected chi connectivity index (χ1v) is 8.56. The van der Waals surface area contributed by atoms with Crippen LogP contribution in [-0.4, -0.2) is 17.1 Å². The van der Waals surface area contributed by atoms with Gasteiger partial charge in [0.15, 0.2) is 0 Å². The average Bonchev–Trinajstić information content (AvgIpc) is 2.95. The molecule has 0 aliphatic rings. The number of hydrogen-bond donors (Lipinski definition) is 0. The third-order valence-electron chi connectivity index (χ3n) is 4.28. The van der Waals surface area contributed by atoms with Gasteiger partial charge in [0.25, 0.3) is 0 Å². The van der Waals surface area contributed by atoms with Gasteiger partial charge < -0.3 is 9.30 Å². The first-order chi connectivity index (χ1) is 11.1. The van der Waals surface area contributed by atoms with Gasteiger partial charge in [-0.15, -0.1) is 0 Å². The Bertz CT molecular complexity index is 697. The van der Waals surface area contributed by atoms with E-state index in [1.165, 1.54) is 23.7 Å². The van der Waals surface area contributed by atoms with E-state index in [9.17, 15) is 4.79 Å². The maximum Gasteiger partial charge on any atom is 0.331 e. The molecule has 3 nitrogen and oxygen atoms in total. The molecule has 0 fully saturated rings. The van der Waals surface area contributed by atoms with Crippen LogP contribution in [0.15, 0.2) is 36.5 Å². The highest BCUT2D eigenvalue weighted by Gasteiger charge is 2.11. The minimum Gasteiger partial charge on any atom is -0.463 e. The predicted molar refractivity (Wildman–Crippen MR) is 96.5 cm³/mol. The summed E-state index contributed by atoms with van der Waals surface area (Å²) in [6, 6.07) is 9.11. The van der Waals surface area contributed by atoms with Crippen LogP contribution >= 0.6 is 0 Å². The van der Waals surface area contributed by atoms with Gasteiger partial charge in [-0.25, -0.2) is 4.79 Å². The standard InChI is InChI=1S/C20H27NO2/c1-5-8-18(6-2)21-12-11-17-14-16(9-10-19(17)21)15(4)13-20(22)23-7-3/h9-14,18H,5-8H2,1-4H3/b15-13+. The van der Waals surface area contributed by atoms with Gasteiger partial charge in [0, 0.05) is 29.2 Å². The van der Waals surface area contributed by atoms with Gasteiger partial charge in [0.2, 0.25) is 0 Å². The van der Waals surface area contributed by atoms with Crippen LogP contribution in [0.1, 0.15) is 58.6 Å². The van der Waals surface area contributed by atoms with Crippen molar-refractivity contribution >= 4 is 22.4 Å². The summed E-state index contributed by atoms with van der Waals surface area (Å²) in [4.78, 5) is 11.6. The van der Waals surface area contributed by atoms with Gasteiger partial charge in [-0.3, -0.25) is 0 Å². The second-order valence-corrected chi connectivity index (χ2v) is 5.93. The van der Waals surface area contributed by atoms with E-state index in [1.807, 2.05) is 13.8 Å². The molecule has 0 radical (unpaired) electrons. The maximum atomic E-state index is 11.6. The van der Waals surface area contributed by atoms with E-state index >= 15 is 0 Å². The van der Waals surface area contributed by atoms with E-state index in [-0.39, 0.29) is 5.97 Å². The first-order valence-electron chi connectivity index (χ1n) is 8.56. The average molecular weight is 313 g/mol. The molecule has 3 heteroatoms. The second-order valence-electron chi connectivity index (χ2n) is 5.93. The van der Waals surface area contributed by atoms with Crippen LogP contribution in [0.4, 0.5) is 0 Å². The summed E-state index contributed by atoms with van der Waals surface area (Å²) >= 11 is 0. The Kier molecular flexibility index (Phi) is 6.03. The van der Waals surface area contributed by atoms with Gasteiger partial charge in [0.05, 0.1) is 6.61 Å². The SMILES string of the molecule is CCCC(CC)n1ccc2cc(/C(C)=C/C(=O)OCC)ccc21. The number of benzene rings is 1. The molecule has 0 saturated carbocycles. The number of rotatable bonds is 7. The highest BCUT2D eigenvalue weighted by Crippen LogP contribution is 2.27. The lowest BCUT2D eigenvalue weighted by molar-refractivity contribution is -0.137. The van der Waals surface area contributed by atoms with Gasteiger partial charge in [-0.1, -0.05) is 26.3 Å². The van der Waals surface area contributed by atoms with Crippen LogP contribution in [0.5, 0.6) is 0 Å². The van der Waals surface area contributed by atoms with Crippen LogP contribution in [0.3, 0.4) is 0 Å². The molecule has 1 atom stereocenters. The third-order valence-corrected chi connectivity index (χ3v) is 4.28. The van der Waals surface area contributed by atoms with Crippen molar-refractivity contribution in [2.75, 3.05) is 6.61 Å². The fraction of sp³-hybridized carbons (Fsp3) is 0.450. The molecule has 1 aromatic heterocycles. The van der Waals surface area contributed by atoms with Crippen molar-refractivity contribution in [3.8, 4) is 0 Å². The molecule has 0 spiro atoms. The molecule has 124 valence electrons. The van der Waals surface area contributed by atoms with Crippen molar-refractivity contribution in [1.29, 1.82) is 0 Å². The topological polar surface area (TPSA) is 31.2 Å². The van der Waals surface area contributed by atoms with Crippen LogP contribution < -0.4 is 0 Å². The quantitative estimate of drug-likeness (QED) is 0.509. The Morgan fingerprint density at radius 2 is 2.04 bits per heavy atom. The number of carbonyl (C=O) groups excluding carboxylic acids is 1. The Morgan fingerprint density at radius 1 is 1.26 bits per heavy atom. The Morgan fingerprint density at radius 3 is 2.70 bits per heavy atom. The zero-order valence-electron chi connectivity index (χ0n) is 14.6. The molecule has 0 saturated heterocycles. The zero-order valence-corrected chi connectivity index (χ0v) is 14.6. The molecular weight excluding hydrogens is 286 g/mol. The molecule has 0 aliphatic carbocycles. The van der Waals surface area contributed by atoms with E-state index in [1.54, 1.807) is 6.08 Å². The largest absolute Gasteiger partial charge is 0.463 e. The maximum absolute atomic E-state index is 11.6. The van der Waals surface area contributed by atoms with Gasteiger partial charge in [-0.05, 0) is 56.0 Å². The van der Waals surface area contributed by atoms with Crippen molar-refractivity contribution < 1.29 is 9.53 Å². The van der Waals surface area contributed by atoms with Crippen molar-refractivity contribution in [3.05, 3.63) is 42.1 Å². The second kappa shape index (κ2) is 8.00. The smallest absolute Gasteiger partial charge is 0.331 e. The zero-order chi connectivity index (χ0) is 16.8. The first kappa shape index (κ1) is 17.3. The Labute approximate surface area is 138 Å². The van der Waals surface area contributed by atoms with Crippen LogP contribution in [-0.2, 0) is 9.53 Å². The summed E-state index contributed by atoms with van der Waals surface area (Å²) in [5, 5.41) is 1.22. The van der Waals surface area contributed by atoms with E-state index in [0.717, 1.165) is 17.6 Å². The number of fused-ring (bicyclic) bond motifs is 1. The number of carbonyl (C=O) groups is 1. The molecule has 1 unspecified atom stereocenters. The number of nitrogens with zero attached hydrogens (tertiary/aromatic N) is 1. The van der Waals surface area contributed by atoms with Gasteiger partial charge >= 0.3 is 5.97 Å². The highest BCUT2D eigenvalue weighted by atomic mass is 16.5. The molecule has 0 aliphatic heterocycles. The minimum absolute atomic E-state index is 0.281. The lowest BCUT2D eigenvalue weighted by Gasteiger charge is -2.17. The fourth-order valence-electron chi connectivity index (χ4n) is 3.04. The fourth-order valence-corrected chi connectivity index (χ4v) is 3.04. The Balaban J connectivity index is 2.32. The van der Waals surface area contributed by atoms with E-state index in [0.29, 0.717) is 12.6 Å².